The number of benzene rings is 3. The Morgan fingerprint density at radius 2 is 1.71 bits per heavy atom. The van der Waals surface area contributed by atoms with E-state index in [1.165, 1.54) is 0 Å². The fourth-order valence-electron chi connectivity index (χ4n) is 4.05. The Bertz CT molecular complexity index is 1130. The van der Waals surface area contributed by atoms with Crippen LogP contribution in [0.1, 0.15) is 35.7 Å². The van der Waals surface area contributed by atoms with Crippen molar-refractivity contribution in [3.63, 3.8) is 0 Å². The van der Waals surface area contributed by atoms with Gasteiger partial charge in [0.1, 0.15) is 17.3 Å². The van der Waals surface area contributed by atoms with Gasteiger partial charge in [-0.15, -0.1) is 0 Å². The van der Waals surface area contributed by atoms with Crippen molar-refractivity contribution in [1.82, 2.24) is 4.90 Å². The van der Waals surface area contributed by atoms with E-state index in [1.54, 1.807) is 12.1 Å². The van der Waals surface area contributed by atoms with Crippen molar-refractivity contribution in [2.24, 2.45) is 10.9 Å². The second-order valence-corrected chi connectivity index (χ2v) is 8.21. The zero-order valence-corrected chi connectivity index (χ0v) is 17.5. The van der Waals surface area contributed by atoms with Crippen molar-refractivity contribution < 1.29 is 9.53 Å². The van der Waals surface area contributed by atoms with Gasteiger partial charge in [0.25, 0.3) is 5.91 Å². The van der Waals surface area contributed by atoms with Crippen molar-refractivity contribution >= 4 is 23.1 Å². The standard InChI is InChI=1S/C26H25N3O2/c1-18-13-15-29(16-14-18)25-21-17-20(27-26(30)19-7-3-2-4-8-19)11-12-23(21)31-24-10-6-5-9-22(24)28-25/h2-12,17-18H,13-16H2,1H3,(H,27,30). The molecule has 2 aliphatic heterocycles. The summed E-state index contributed by atoms with van der Waals surface area (Å²) in [5, 5.41) is 3.01. The van der Waals surface area contributed by atoms with Crippen molar-refractivity contribution in [2.75, 3.05) is 18.4 Å². The number of nitrogens with zero attached hydrogens (tertiary/aromatic N) is 2. The van der Waals surface area contributed by atoms with Gasteiger partial charge in [-0.2, -0.15) is 0 Å². The molecule has 1 saturated heterocycles. The molecule has 0 aliphatic carbocycles. The van der Waals surface area contributed by atoms with Gasteiger partial charge in [-0.05, 0) is 61.2 Å². The van der Waals surface area contributed by atoms with E-state index in [1.807, 2.05) is 60.7 Å². The molecule has 3 aromatic carbocycles. The number of ether oxygens (including phenoxy) is 1. The molecular weight excluding hydrogens is 386 g/mol. The summed E-state index contributed by atoms with van der Waals surface area (Å²) in [5.41, 5.74) is 3.07. The molecule has 0 unspecified atom stereocenters. The second-order valence-electron chi connectivity index (χ2n) is 8.21. The maximum absolute atomic E-state index is 12.7. The number of piperidine rings is 1. The van der Waals surface area contributed by atoms with Crippen LogP contribution >= 0.6 is 0 Å². The van der Waals surface area contributed by atoms with Gasteiger partial charge in [-0.1, -0.05) is 37.3 Å². The van der Waals surface area contributed by atoms with Crippen LogP contribution in [0.3, 0.4) is 0 Å². The zero-order valence-electron chi connectivity index (χ0n) is 17.5. The van der Waals surface area contributed by atoms with E-state index in [0.717, 1.165) is 66.1 Å². The lowest BCUT2D eigenvalue weighted by Gasteiger charge is -2.33. The summed E-state index contributed by atoms with van der Waals surface area (Å²) in [7, 11) is 0. The lowest BCUT2D eigenvalue weighted by Crippen LogP contribution is -2.38. The Morgan fingerprint density at radius 3 is 2.52 bits per heavy atom. The number of likely N-dealkylation sites (tertiary alicyclic amines) is 1. The van der Waals surface area contributed by atoms with Crippen LogP contribution in [-0.4, -0.2) is 29.7 Å². The number of carbonyl (C=O) groups is 1. The highest BCUT2D eigenvalue weighted by Gasteiger charge is 2.26. The van der Waals surface area contributed by atoms with E-state index in [-0.39, 0.29) is 5.91 Å². The van der Waals surface area contributed by atoms with Gasteiger partial charge in [-0.25, -0.2) is 4.99 Å². The van der Waals surface area contributed by atoms with Crippen LogP contribution in [-0.2, 0) is 0 Å². The number of rotatable bonds is 2. The van der Waals surface area contributed by atoms with Crippen LogP contribution in [0.15, 0.2) is 77.8 Å². The average Bonchev–Trinajstić information content (AvgIpc) is 2.97. The number of aliphatic imine (C=N–C) groups is 1. The summed E-state index contributed by atoms with van der Waals surface area (Å²) < 4.78 is 6.24. The molecule has 5 nitrogen and oxygen atoms in total. The SMILES string of the molecule is CC1CCN(C2=Nc3ccccc3Oc3ccc(NC(=O)c4ccccc4)cc32)CC1. The molecule has 5 rings (SSSR count). The number of hydrogen-bond acceptors (Lipinski definition) is 4. The molecule has 0 aromatic heterocycles. The van der Waals surface area contributed by atoms with Gasteiger partial charge >= 0.3 is 0 Å². The molecule has 2 heterocycles. The van der Waals surface area contributed by atoms with Crippen LogP contribution in [0.25, 0.3) is 0 Å². The van der Waals surface area contributed by atoms with Gasteiger partial charge in [0.05, 0.1) is 5.56 Å². The molecule has 1 N–H and O–H groups in total. The third-order valence-corrected chi connectivity index (χ3v) is 5.91. The highest BCUT2D eigenvalue weighted by molar-refractivity contribution is 6.07. The number of amidine groups is 1. The fourth-order valence-corrected chi connectivity index (χ4v) is 4.05. The molecule has 0 bridgehead atoms. The highest BCUT2D eigenvalue weighted by atomic mass is 16.5. The molecule has 2 aliphatic rings. The van der Waals surface area contributed by atoms with Crippen molar-refractivity contribution in [1.29, 1.82) is 0 Å². The monoisotopic (exact) mass is 411 g/mol. The molecule has 0 saturated carbocycles. The van der Waals surface area contributed by atoms with Crippen molar-refractivity contribution in [3.8, 4) is 11.5 Å². The van der Waals surface area contributed by atoms with Crippen molar-refractivity contribution in [2.45, 2.75) is 19.8 Å². The van der Waals surface area contributed by atoms with E-state index in [4.69, 9.17) is 9.73 Å². The summed E-state index contributed by atoms with van der Waals surface area (Å²) >= 11 is 0. The van der Waals surface area contributed by atoms with E-state index < -0.39 is 0 Å². The van der Waals surface area contributed by atoms with Crippen molar-refractivity contribution in [3.05, 3.63) is 83.9 Å². The first-order chi connectivity index (χ1) is 15.2. The Balaban J connectivity index is 1.52. The van der Waals surface area contributed by atoms with E-state index in [9.17, 15) is 4.79 Å². The first-order valence-electron chi connectivity index (χ1n) is 10.8. The smallest absolute Gasteiger partial charge is 0.255 e. The maximum Gasteiger partial charge on any atom is 0.255 e. The number of nitrogens with one attached hydrogen (secondary N) is 1. The summed E-state index contributed by atoms with van der Waals surface area (Å²) in [6.07, 6.45) is 2.28. The lowest BCUT2D eigenvalue weighted by molar-refractivity contribution is 0.102. The Kier molecular flexibility index (Phi) is 5.16. The minimum absolute atomic E-state index is 0.135. The molecule has 3 aromatic rings. The molecule has 0 radical (unpaired) electrons. The Hall–Kier alpha value is -3.60. The zero-order chi connectivity index (χ0) is 21.2. The fraction of sp³-hybridized carbons (Fsp3) is 0.231. The summed E-state index contributed by atoms with van der Waals surface area (Å²) in [6.45, 7) is 4.22. The van der Waals surface area contributed by atoms with E-state index in [2.05, 4.69) is 17.1 Å². The highest BCUT2D eigenvalue weighted by Crippen LogP contribution is 2.39. The number of hydrogen-bond donors (Lipinski definition) is 1. The quantitative estimate of drug-likeness (QED) is 0.575. The molecule has 0 atom stereocenters. The van der Waals surface area contributed by atoms with Crippen LogP contribution in [0, 0.1) is 5.92 Å². The van der Waals surface area contributed by atoms with Gasteiger partial charge in [0.15, 0.2) is 5.75 Å². The molecule has 156 valence electrons. The van der Waals surface area contributed by atoms with Gasteiger partial charge in [0, 0.05) is 24.3 Å². The lowest BCUT2D eigenvalue weighted by atomic mass is 9.98. The number of para-hydroxylation sites is 2. The van der Waals surface area contributed by atoms with Crippen LogP contribution in [0.2, 0.25) is 0 Å². The predicted octanol–water partition coefficient (Wildman–Crippen LogP) is 5.85. The third kappa shape index (κ3) is 4.04. The minimum atomic E-state index is -0.135. The van der Waals surface area contributed by atoms with Gasteiger partial charge in [-0.3, -0.25) is 4.79 Å². The van der Waals surface area contributed by atoms with Crippen LogP contribution in [0.4, 0.5) is 11.4 Å². The average molecular weight is 412 g/mol. The second kappa shape index (κ2) is 8.26. The summed E-state index contributed by atoms with van der Waals surface area (Å²) in [4.78, 5) is 20.0. The topological polar surface area (TPSA) is 53.9 Å². The molecule has 1 amide bonds. The molecular formula is C26H25N3O2. The summed E-state index contributed by atoms with van der Waals surface area (Å²) in [6, 6.07) is 22.8. The van der Waals surface area contributed by atoms with Crippen LogP contribution in [0.5, 0.6) is 11.5 Å². The number of amides is 1. The first-order valence-corrected chi connectivity index (χ1v) is 10.8. The largest absolute Gasteiger partial charge is 0.454 e. The summed E-state index contributed by atoms with van der Waals surface area (Å²) in [5.74, 6) is 2.98. The molecule has 5 heteroatoms. The number of anilines is 1. The number of carbonyl (C=O) groups excluding carboxylic acids is 1. The third-order valence-electron chi connectivity index (χ3n) is 5.91. The molecule has 1 fully saturated rings. The number of fused-ring (bicyclic) bond motifs is 2. The van der Waals surface area contributed by atoms with E-state index in [0.29, 0.717) is 5.56 Å². The normalized spacial score (nSPS) is 15.8. The van der Waals surface area contributed by atoms with Gasteiger partial charge < -0.3 is 15.0 Å². The van der Waals surface area contributed by atoms with Gasteiger partial charge in [0.2, 0.25) is 0 Å². The van der Waals surface area contributed by atoms with E-state index >= 15 is 0 Å². The Morgan fingerprint density at radius 1 is 0.968 bits per heavy atom. The molecule has 31 heavy (non-hydrogen) atoms. The predicted molar refractivity (Wildman–Crippen MR) is 124 cm³/mol. The first kappa shape index (κ1) is 19.4. The Labute approximate surface area is 182 Å². The minimum Gasteiger partial charge on any atom is -0.454 e. The molecule has 0 spiro atoms. The van der Waals surface area contributed by atoms with Crippen LogP contribution < -0.4 is 10.1 Å². The maximum atomic E-state index is 12.7.